The van der Waals surface area contributed by atoms with Crippen molar-refractivity contribution < 1.29 is 33.8 Å². The van der Waals surface area contributed by atoms with Crippen LogP contribution in [0.4, 0.5) is 10.5 Å². The number of nitrogens with one attached hydrogen (secondary N) is 3. The lowest BCUT2D eigenvalue weighted by Crippen LogP contribution is -2.61. The van der Waals surface area contributed by atoms with Crippen LogP contribution in [0, 0.1) is 6.92 Å². The Morgan fingerprint density at radius 1 is 0.727 bits per heavy atom. The van der Waals surface area contributed by atoms with E-state index in [1.165, 1.54) is 10.7 Å². The van der Waals surface area contributed by atoms with E-state index in [0.717, 1.165) is 60.8 Å². The zero-order chi connectivity index (χ0) is 62.8. The number of fused-ring (bicyclic) bond motifs is 1. The van der Waals surface area contributed by atoms with Gasteiger partial charge in [0.2, 0.25) is 17.7 Å². The van der Waals surface area contributed by atoms with Gasteiger partial charge in [-0.15, -0.1) is 0 Å². The average Bonchev–Trinajstić information content (AvgIpc) is 1.63. The smallest absolute Gasteiger partial charge is 0.326 e. The summed E-state index contributed by atoms with van der Waals surface area (Å²) in [7, 11) is 0. The van der Waals surface area contributed by atoms with Gasteiger partial charge in [-0.2, -0.15) is 9.61 Å². The summed E-state index contributed by atoms with van der Waals surface area (Å²) in [6, 6.07) is 35.7. The Morgan fingerprint density at radius 3 is 2.02 bits per heavy atom. The molecule has 88 heavy (non-hydrogen) atoms. The fourth-order valence-corrected chi connectivity index (χ4v) is 11.8. The number of anilines is 1. The predicted molar refractivity (Wildman–Crippen MR) is 348 cm³/mol. The number of aromatic nitrogens is 3. The molecule has 1 saturated heterocycles. The number of piperazine rings is 1. The first-order valence-electron chi connectivity index (χ1n) is 30.3. The lowest BCUT2D eigenvalue weighted by atomic mass is 9.71. The van der Waals surface area contributed by atoms with Crippen molar-refractivity contribution >= 4 is 75.7 Å². The van der Waals surface area contributed by atoms with Crippen LogP contribution in [0.3, 0.4) is 0 Å². The van der Waals surface area contributed by atoms with E-state index in [0.29, 0.717) is 120 Å². The Morgan fingerprint density at radius 2 is 1.36 bits per heavy atom. The molecule has 7 aromatic rings. The fourth-order valence-electron chi connectivity index (χ4n) is 11.4. The number of carbonyl (C=O) groups is 4. The fraction of sp³-hybridized carbons (Fsp3) is 0.397. The first-order chi connectivity index (χ1) is 42.2. The number of hydrogen-bond acceptors (Lipinski definition) is 11. The number of aromatic hydroxyl groups is 1. The van der Waals surface area contributed by atoms with Gasteiger partial charge in [-0.1, -0.05) is 104 Å². The first-order valence-corrected chi connectivity index (χ1v) is 31.4. The summed E-state index contributed by atoms with van der Waals surface area (Å²) >= 11 is 19.0. The quantitative estimate of drug-likeness (QED) is 0.0423. The average molecular weight is 1250 g/mol. The minimum Gasteiger partial charge on any atom is -0.494 e. The number of hydrogen-bond donors (Lipinski definition) is 4. The van der Waals surface area contributed by atoms with Crippen LogP contribution in [0.1, 0.15) is 136 Å². The van der Waals surface area contributed by atoms with Gasteiger partial charge >= 0.3 is 6.03 Å². The highest BCUT2D eigenvalue weighted by Gasteiger charge is 2.60. The van der Waals surface area contributed by atoms with Gasteiger partial charge in [0.15, 0.2) is 5.65 Å². The van der Waals surface area contributed by atoms with E-state index < -0.39 is 17.0 Å². The summed E-state index contributed by atoms with van der Waals surface area (Å²) in [4.78, 5) is 70.8. The minimum absolute atomic E-state index is 0.00668. The monoisotopic (exact) mass is 1250 g/mol. The van der Waals surface area contributed by atoms with Crippen molar-refractivity contribution in [2.24, 2.45) is 4.99 Å². The van der Waals surface area contributed by atoms with E-state index in [-0.39, 0.29) is 46.9 Å². The van der Waals surface area contributed by atoms with Gasteiger partial charge in [0.05, 0.1) is 31.5 Å². The molecule has 4 N–H and O–H groups in total. The van der Waals surface area contributed by atoms with Crippen molar-refractivity contribution in [3.63, 3.8) is 0 Å². The number of rotatable bonds is 24. The van der Waals surface area contributed by atoms with Crippen molar-refractivity contribution in [2.75, 3.05) is 64.3 Å². The Bertz CT molecular complexity index is 3640. The number of nitrogens with zero attached hydrogens (tertiary/aromatic N) is 7. The van der Waals surface area contributed by atoms with Gasteiger partial charge in [-0.05, 0) is 155 Å². The zero-order valence-electron chi connectivity index (χ0n) is 51.2. The number of aliphatic imine (C=N–C) groups is 1. The van der Waals surface area contributed by atoms with E-state index in [2.05, 4.69) is 77.7 Å². The third kappa shape index (κ3) is 15.1. The molecule has 17 nitrogen and oxygen atoms in total. The molecule has 2 aliphatic rings. The highest BCUT2D eigenvalue weighted by atomic mass is 35.5. The number of amidine groups is 1. The second-order valence-electron chi connectivity index (χ2n) is 23.9. The Labute approximate surface area is 530 Å². The van der Waals surface area contributed by atoms with Gasteiger partial charge in [0, 0.05) is 90.2 Å². The molecule has 0 radical (unpaired) electrons. The third-order valence-corrected chi connectivity index (χ3v) is 17.5. The summed E-state index contributed by atoms with van der Waals surface area (Å²) in [5.41, 5.74) is 4.42. The largest absolute Gasteiger partial charge is 0.494 e. The van der Waals surface area contributed by atoms with Crippen LogP contribution in [0.5, 0.6) is 17.4 Å². The van der Waals surface area contributed by atoms with Crippen LogP contribution in [-0.2, 0) is 32.5 Å². The summed E-state index contributed by atoms with van der Waals surface area (Å²) < 4.78 is 13.6. The molecule has 464 valence electrons. The molecule has 2 atom stereocenters. The molecular formula is C68H79Cl3N10O7. The number of ether oxygens (including phenoxy) is 2. The van der Waals surface area contributed by atoms with Crippen LogP contribution in [-0.4, -0.2) is 123 Å². The molecule has 0 spiro atoms. The lowest BCUT2D eigenvalue weighted by molar-refractivity contribution is -0.122. The van der Waals surface area contributed by atoms with Gasteiger partial charge in [-0.25, -0.2) is 9.78 Å². The summed E-state index contributed by atoms with van der Waals surface area (Å²) in [5, 5.41) is 26.1. The molecular weight excluding hydrogens is 1180 g/mol. The van der Waals surface area contributed by atoms with E-state index in [9.17, 15) is 19.5 Å². The highest BCUT2D eigenvalue weighted by molar-refractivity contribution is 6.31. The van der Waals surface area contributed by atoms with Gasteiger partial charge in [0.1, 0.15) is 34.0 Å². The van der Waals surface area contributed by atoms with Crippen LogP contribution in [0.25, 0.3) is 5.65 Å². The predicted octanol–water partition coefficient (Wildman–Crippen LogP) is 12.9. The summed E-state index contributed by atoms with van der Waals surface area (Å²) in [5.74, 6) is 1.16. The molecule has 2 aliphatic heterocycles. The zero-order valence-corrected chi connectivity index (χ0v) is 53.5. The van der Waals surface area contributed by atoms with Crippen molar-refractivity contribution in [1.82, 2.24) is 39.9 Å². The van der Waals surface area contributed by atoms with Crippen LogP contribution in [0.2, 0.25) is 15.1 Å². The van der Waals surface area contributed by atoms with E-state index in [1.807, 2.05) is 89.5 Å². The Balaban J connectivity index is 0.681. The summed E-state index contributed by atoms with van der Waals surface area (Å²) in [6.45, 7) is 18.4. The molecule has 5 amide bonds. The third-order valence-electron chi connectivity index (χ3n) is 16.7. The number of benzene rings is 5. The molecule has 9 rings (SSSR count). The Hall–Kier alpha value is -7.70. The van der Waals surface area contributed by atoms with E-state index in [4.69, 9.17) is 49.3 Å². The topological polar surface area (TPSA) is 195 Å². The van der Waals surface area contributed by atoms with E-state index >= 15 is 4.79 Å². The number of halogens is 3. The van der Waals surface area contributed by atoms with Crippen LogP contribution < -0.4 is 25.4 Å². The van der Waals surface area contributed by atoms with Crippen molar-refractivity contribution in [2.45, 2.75) is 116 Å². The molecule has 20 heteroatoms. The normalized spacial score (nSPS) is 17.0. The second-order valence-corrected chi connectivity index (χ2v) is 25.2. The number of unbranched alkanes of at least 4 members (excludes halogenated alkanes) is 4. The molecule has 1 fully saturated rings. The summed E-state index contributed by atoms with van der Waals surface area (Å²) in [6.07, 6.45) is 6.92. The highest BCUT2D eigenvalue weighted by Crippen LogP contribution is 2.54. The SMILES string of the molecule is CCOc1cc(C(C)(C)C)ccc1C1=N[C@@](C)(c2ccc(Cl)cc2)[C@@](C)(c2ccc(Cl)cc2)N1C(=O)N1CCN(CC(=O)NCCCCCNC(=O)CCCCCOc2cccc(NC(=O)c3cnn4c(O)c(Cc5ccc(Cl)cc5)c(C)nc34)c2)CC1. The van der Waals surface area contributed by atoms with Crippen molar-refractivity contribution in [3.8, 4) is 17.4 Å². The molecule has 5 aromatic carbocycles. The molecule has 4 heterocycles. The lowest BCUT2D eigenvalue weighted by Gasteiger charge is -2.47. The van der Waals surface area contributed by atoms with Crippen LogP contribution >= 0.6 is 34.8 Å². The maximum Gasteiger partial charge on any atom is 0.326 e. The second kappa shape index (κ2) is 28.6. The van der Waals surface area contributed by atoms with Crippen molar-refractivity contribution in [3.05, 3.63) is 181 Å². The van der Waals surface area contributed by atoms with Gasteiger partial charge in [-0.3, -0.25) is 29.2 Å². The van der Waals surface area contributed by atoms with Crippen LogP contribution in [0.15, 0.2) is 126 Å². The Kier molecular flexibility index (Phi) is 21.1. The maximum atomic E-state index is 15.5. The van der Waals surface area contributed by atoms with Crippen molar-refractivity contribution in [1.29, 1.82) is 0 Å². The van der Waals surface area contributed by atoms with Gasteiger partial charge < -0.3 is 35.4 Å². The molecule has 0 aliphatic carbocycles. The molecule has 0 bridgehead atoms. The number of carbonyl (C=O) groups excluding carboxylic acids is 4. The molecule has 0 saturated carbocycles. The first kappa shape index (κ1) is 64.8. The van der Waals surface area contributed by atoms with Gasteiger partial charge in [0.25, 0.3) is 5.91 Å². The number of amides is 5. The molecule has 2 aromatic heterocycles. The maximum absolute atomic E-state index is 15.5. The standard InChI is InChI=1S/C68H79Cl3N10O7/c1-8-87-58-41-49(66(3,4)5)25-32-55(58)62-77-67(6,47-21-28-51(70)29-22-47)68(7,48-23-30-52(71)31-24-48)80(62)65(86)79-37-35-78(36-38-79)44-60(83)73-34-13-10-12-33-72-59(82)18-11-9-14-39-88-54-17-15-16-53(42-54)76-63(84)57-43-74-81-61(57)75-45(2)56(64(81)85)40-46-19-26-50(69)27-20-46/h15-17,19-32,41-43,85H,8-14,18,33-40,44H2,1-7H3,(H,72,82)(H,73,83)(H,76,84)/t67-,68+/m0/s1. The van der Waals surface area contributed by atoms with E-state index in [1.54, 1.807) is 37.3 Å². The number of urea groups is 1. The number of aryl methyl sites for hydroxylation is 1. The molecule has 0 unspecified atom stereocenters. The minimum atomic E-state index is -1.06.